The van der Waals surface area contributed by atoms with Crippen LogP contribution in [0.15, 0.2) is 0 Å². The molecule has 3 nitrogen and oxygen atoms in total. The topological polar surface area (TPSA) is 78.1 Å². The Morgan fingerprint density at radius 2 is 1.54 bits per heavy atom. The molecule has 0 aliphatic heterocycles. The van der Waals surface area contributed by atoms with Crippen LogP contribution in [0, 0.1) is 5.41 Å². The summed E-state index contributed by atoms with van der Waals surface area (Å²) in [4.78, 5) is 0. The lowest BCUT2D eigenvalue weighted by atomic mass is 9.84. The second-order valence-electron chi connectivity index (χ2n) is 4.47. The lowest BCUT2D eigenvalue weighted by Gasteiger charge is -2.28. The summed E-state index contributed by atoms with van der Waals surface area (Å²) in [6.07, 6.45) is 5.71. The third-order valence-corrected chi connectivity index (χ3v) is 2.68. The quantitative estimate of drug-likeness (QED) is 0.413. The van der Waals surface area contributed by atoms with Crippen molar-refractivity contribution in [2.45, 2.75) is 52.1 Å². The van der Waals surface area contributed by atoms with Crippen molar-refractivity contribution in [1.82, 2.24) is 0 Å². The van der Waals surface area contributed by atoms with E-state index in [-0.39, 0.29) is 11.6 Å². The Morgan fingerprint density at radius 3 is 2.00 bits per heavy atom. The van der Waals surface area contributed by atoms with Crippen LogP contribution in [0.3, 0.4) is 0 Å². The molecular formula is C10H25N3. The highest BCUT2D eigenvalue weighted by atomic mass is 14.9. The maximum atomic E-state index is 5.67. The van der Waals surface area contributed by atoms with Crippen molar-refractivity contribution in [3.8, 4) is 0 Å². The van der Waals surface area contributed by atoms with Gasteiger partial charge in [-0.2, -0.15) is 0 Å². The summed E-state index contributed by atoms with van der Waals surface area (Å²) >= 11 is 0. The van der Waals surface area contributed by atoms with E-state index >= 15 is 0 Å². The average Bonchev–Trinajstić information content (AvgIpc) is 2.03. The van der Waals surface area contributed by atoms with Crippen LogP contribution in [0.2, 0.25) is 0 Å². The van der Waals surface area contributed by atoms with Crippen LogP contribution < -0.4 is 17.2 Å². The number of hydrogen-bond acceptors (Lipinski definition) is 3. The van der Waals surface area contributed by atoms with Crippen molar-refractivity contribution in [3.63, 3.8) is 0 Å². The lowest BCUT2D eigenvalue weighted by molar-refractivity contribution is 0.257. The van der Waals surface area contributed by atoms with Crippen LogP contribution in [0.25, 0.3) is 0 Å². The SMILES string of the molecule is CC(C)(CCCCCCN)C(N)N. The fraction of sp³-hybridized carbons (Fsp3) is 1.00. The predicted octanol–water partition coefficient (Wildman–Crippen LogP) is 1.17. The van der Waals surface area contributed by atoms with Gasteiger partial charge < -0.3 is 17.2 Å². The molecule has 6 N–H and O–H groups in total. The van der Waals surface area contributed by atoms with Gasteiger partial charge in [-0.1, -0.05) is 33.1 Å². The average molecular weight is 187 g/mol. The third kappa shape index (κ3) is 6.02. The largest absolute Gasteiger partial charge is 0.330 e. The molecule has 80 valence electrons. The van der Waals surface area contributed by atoms with E-state index in [0.717, 1.165) is 19.4 Å². The van der Waals surface area contributed by atoms with Crippen molar-refractivity contribution in [2.75, 3.05) is 6.54 Å². The molecule has 13 heavy (non-hydrogen) atoms. The molecule has 0 saturated carbocycles. The monoisotopic (exact) mass is 187 g/mol. The molecule has 0 unspecified atom stereocenters. The Morgan fingerprint density at radius 1 is 1.00 bits per heavy atom. The normalized spacial score (nSPS) is 12.5. The molecule has 0 rings (SSSR count). The van der Waals surface area contributed by atoms with Gasteiger partial charge in [-0.15, -0.1) is 0 Å². The van der Waals surface area contributed by atoms with Gasteiger partial charge in [0.15, 0.2) is 0 Å². The van der Waals surface area contributed by atoms with Crippen molar-refractivity contribution in [1.29, 1.82) is 0 Å². The molecule has 0 spiro atoms. The van der Waals surface area contributed by atoms with E-state index in [0.29, 0.717) is 0 Å². The van der Waals surface area contributed by atoms with Gasteiger partial charge in [0.2, 0.25) is 0 Å². The zero-order valence-electron chi connectivity index (χ0n) is 9.05. The highest BCUT2D eigenvalue weighted by Gasteiger charge is 2.22. The van der Waals surface area contributed by atoms with Crippen LogP contribution in [-0.4, -0.2) is 12.7 Å². The molecule has 0 radical (unpaired) electrons. The van der Waals surface area contributed by atoms with Crippen LogP contribution in [0.5, 0.6) is 0 Å². The first-order valence-electron chi connectivity index (χ1n) is 5.22. The van der Waals surface area contributed by atoms with Gasteiger partial charge in [0.25, 0.3) is 0 Å². The van der Waals surface area contributed by atoms with E-state index < -0.39 is 0 Å². The molecule has 0 heterocycles. The molecule has 3 heteroatoms. The Labute approximate surface area is 82.0 Å². The first kappa shape index (κ1) is 12.9. The van der Waals surface area contributed by atoms with E-state index in [9.17, 15) is 0 Å². The summed E-state index contributed by atoms with van der Waals surface area (Å²) in [5.74, 6) is 0. The molecule has 0 aromatic carbocycles. The summed E-state index contributed by atoms with van der Waals surface area (Å²) in [5.41, 5.74) is 16.8. The first-order valence-corrected chi connectivity index (χ1v) is 5.22. The molecule has 0 bridgehead atoms. The van der Waals surface area contributed by atoms with E-state index in [1.165, 1.54) is 19.3 Å². The Hall–Kier alpha value is -0.120. The number of hydrogen-bond donors (Lipinski definition) is 3. The fourth-order valence-corrected chi connectivity index (χ4v) is 1.25. The molecule has 0 aromatic heterocycles. The maximum absolute atomic E-state index is 5.67. The second-order valence-corrected chi connectivity index (χ2v) is 4.47. The van der Waals surface area contributed by atoms with Crippen LogP contribution in [-0.2, 0) is 0 Å². The summed E-state index contributed by atoms with van der Waals surface area (Å²) in [6.45, 7) is 5.06. The van der Waals surface area contributed by atoms with Crippen LogP contribution in [0.1, 0.15) is 46.0 Å². The molecule has 0 aliphatic carbocycles. The van der Waals surface area contributed by atoms with E-state index in [1.54, 1.807) is 0 Å². The van der Waals surface area contributed by atoms with Gasteiger partial charge in [-0.05, 0) is 24.8 Å². The summed E-state index contributed by atoms with van der Waals surface area (Å²) < 4.78 is 0. The van der Waals surface area contributed by atoms with Crippen LogP contribution >= 0.6 is 0 Å². The highest BCUT2D eigenvalue weighted by Crippen LogP contribution is 2.24. The Bertz CT molecular complexity index is 121. The smallest absolute Gasteiger partial charge is 0.0573 e. The van der Waals surface area contributed by atoms with Gasteiger partial charge in [-0.3, -0.25) is 0 Å². The minimum Gasteiger partial charge on any atom is -0.330 e. The van der Waals surface area contributed by atoms with Crippen molar-refractivity contribution in [2.24, 2.45) is 22.6 Å². The summed E-state index contributed by atoms with van der Waals surface area (Å²) in [7, 11) is 0. The molecule has 0 fully saturated rings. The fourth-order valence-electron chi connectivity index (χ4n) is 1.25. The summed E-state index contributed by atoms with van der Waals surface area (Å²) in [5, 5.41) is 0. The maximum Gasteiger partial charge on any atom is 0.0573 e. The first-order chi connectivity index (χ1) is 6.00. The molecule has 0 saturated heterocycles. The Balaban J connectivity index is 3.41. The minimum absolute atomic E-state index is 0.0721. The number of rotatable bonds is 7. The van der Waals surface area contributed by atoms with E-state index in [4.69, 9.17) is 17.2 Å². The molecular weight excluding hydrogens is 162 g/mol. The zero-order chi connectivity index (χ0) is 10.3. The number of nitrogens with two attached hydrogens (primary N) is 3. The Kier molecular flexibility index (Phi) is 6.29. The van der Waals surface area contributed by atoms with Gasteiger partial charge in [0.1, 0.15) is 0 Å². The second kappa shape index (κ2) is 6.35. The molecule has 0 aliphatic rings. The van der Waals surface area contributed by atoms with Crippen molar-refractivity contribution in [3.05, 3.63) is 0 Å². The minimum atomic E-state index is -0.206. The molecule has 0 aromatic rings. The third-order valence-electron chi connectivity index (χ3n) is 2.68. The van der Waals surface area contributed by atoms with Gasteiger partial charge >= 0.3 is 0 Å². The molecule has 0 atom stereocenters. The van der Waals surface area contributed by atoms with Crippen molar-refractivity contribution >= 4 is 0 Å². The van der Waals surface area contributed by atoms with Crippen molar-refractivity contribution < 1.29 is 0 Å². The van der Waals surface area contributed by atoms with Gasteiger partial charge in [-0.25, -0.2) is 0 Å². The predicted molar refractivity (Wildman–Crippen MR) is 58.1 cm³/mol. The molecule has 0 amide bonds. The lowest BCUT2D eigenvalue weighted by Crippen LogP contribution is -2.44. The van der Waals surface area contributed by atoms with Gasteiger partial charge in [0.05, 0.1) is 6.17 Å². The van der Waals surface area contributed by atoms with E-state index in [1.807, 2.05) is 0 Å². The standard InChI is InChI=1S/C10H25N3/c1-10(2,9(12)13)7-5-3-4-6-8-11/h9H,3-8,11-13H2,1-2H3. The highest BCUT2D eigenvalue weighted by molar-refractivity contribution is 4.76. The summed E-state index contributed by atoms with van der Waals surface area (Å²) in [6, 6.07) is 0. The van der Waals surface area contributed by atoms with Gasteiger partial charge in [0, 0.05) is 0 Å². The zero-order valence-corrected chi connectivity index (χ0v) is 9.05. The van der Waals surface area contributed by atoms with Crippen LogP contribution in [0.4, 0.5) is 0 Å². The van der Waals surface area contributed by atoms with E-state index in [2.05, 4.69) is 13.8 Å². The number of unbranched alkanes of at least 4 members (excludes halogenated alkanes) is 3.